The van der Waals surface area contributed by atoms with E-state index in [4.69, 9.17) is 23.2 Å². The Morgan fingerprint density at radius 1 is 1.03 bits per heavy atom. The van der Waals surface area contributed by atoms with Crippen LogP contribution >= 0.6 is 39.1 Å². The van der Waals surface area contributed by atoms with E-state index in [9.17, 15) is 17.6 Å². The number of carbonyl (C=O) groups is 1. The van der Waals surface area contributed by atoms with Crippen molar-refractivity contribution >= 4 is 60.7 Å². The lowest BCUT2D eigenvalue weighted by Crippen LogP contribution is -2.45. The summed E-state index contributed by atoms with van der Waals surface area (Å²) in [5.41, 5.74) is 0.630. The number of amides is 1. The molecule has 0 heterocycles. The summed E-state index contributed by atoms with van der Waals surface area (Å²) in [6, 6.07) is 15.7. The average Bonchev–Trinajstić information content (AvgIpc) is 2.72. The van der Waals surface area contributed by atoms with E-state index >= 15 is 0 Å². The molecule has 0 aliphatic carbocycles. The topological polar surface area (TPSA) is 75.3 Å². The lowest BCUT2D eigenvalue weighted by atomic mass is 10.1. The van der Waals surface area contributed by atoms with Gasteiger partial charge in [0.1, 0.15) is 16.8 Å². The van der Waals surface area contributed by atoms with Crippen molar-refractivity contribution in [3.63, 3.8) is 0 Å². The molecule has 0 bridgehead atoms. The fourth-order valence-electron chi connectivity index (χ4n) is 2.78. The fraction of sp³-hybridized carbons (Fsp3) is 0.0952. The Morgan fingerprint density at radius 3 is 2.42 bits per heavy atom. The molecule has 0 fully saturated rings. The summed E-state index contributed by atoms with van der Waals surface area (Å²) in [6.07, 6.45) is 0.0300. The molecule has 0 spiro atoms. The molecule has 0 aliphatic rings. The number of carbonyl (C=O) groups excluding carboxylic acids is 1. The first-order valence-electron chi connectivity index (χ1n) is 8.93. The minimum atomic E-state index is -4.22. The van der Waals surface area contributed by atoms with Gasteiger partial charge in [0, 0.05) is 9.50 Å². The maximum Gasteiger partial charge on any atom is 0.242 e. The number of hydrogen-bond acceptors (Lipinski definition) is 3. The maximum absolute atomic E-state index is 14.2. The van der Waals surface area contributed by atoms with Gasteiger partial charge in [-0.15, -0.1) is 0 Å². The second kappa shape index (κ2) is 10.1. The van der Waals surface area contributed by atoms with Gasteiger partial charge >= 0.3 is 0 Å². The predicted molar refractivity (Wildman–Crippen MR) is 123 cm³/mol. The number of rotatable bonds is 7. The zero-order chi connectivity index (χ0) is 22.6. The molecule has 10 heteroatoms. The standard InChI is InChI=1S/C21H16BrCl2FN2O3S/c22-14-6-9-18(17(25)11-14)26-21(28)19(10-13-4-2-1-3-5-13)27-31(29,30)20-12-15(23)7-8-16(20)24/h1-9,11-12,19,27H,10H2,(H,26,28)/t19-/m0/s1. The Hall–Kier alpha value is -1.97. The lowest BCUT2D eigenvalue weighted by molar-refractivity contribution is -0.117. The second-order valence-electron chi connectivity index (χ2n) is 6.55. The van der Waals surface area contributed by atoms with Gasteiger partial charge in [-0.25, -0.2) is 12.8 Å². The highest BCUT2D eigenvalue weighted by molar-refractivity contribution is 9.10. The minimum Gasteiger partial charge on any atom is -0.322 e. The molecule has 1 amide bonds. The first kappa shape index (κ1) is 23.7. The van der Waals surface area contributed by atoms with Gasteiger partial charge < -0.3 is 5.32 Å². The molecule has 3 rings (SSSR count). The maximum atomic E-state index is 14.2. The smallest absolute Gasteiger partial charge is 0.242 e. The van der Waals surface area contributed by atoms with Gasteiger partial charge in [0.25, 0.3) is 0 Å². The number of halogens is 4. The highest BCUT2D eigenvalue weighted by Gasteiger charge is 2.28. The predicted octanol–water partition coefficient (Wildman–Crippen LogP) is 5.42. The average molecular weight is 546 g/mol. The molecule has 0 saturated heterocycles. The van der Waals surface area contributed by atoms with Crippen LogP contribution in [-0.2, 0) is 21.2 Å². The normalized spacial score (nSPS) is 12.4. The van der Waals surface area contributed by atoms with E-state index in [1.807, 2.05) is 0 Å². The summed E-state index contributed by atoms with van der Waals surface area (Å²) in [5, 5.41) is 2.56. The number of benzene rings is 3. The molecule has 1 atom stereocenters. The number of hydrogen-bond donors (Lipinski definition) is 2. The zero-order valence-corrected chi connectivity index (χ0v) is 19.7. The molecule has 0 aliphatic heterocycles. The summed E-state index contributed by atoms with van der Waals surface area (Å²) in [6.45, 7) is 0. The molecule has 3 aromatic carbocycles. The van der Waals surface area contributed by atoms with E-state index in [1.165, 1.54) is 30.3 Å². The monoisotopic (exact) mass is 544 g/mol. The lowest BCUT2D eigenvalue weighted by Gasteiger charge is -2.19. The van der Waals surface area contributed by atoms with Crippen molar-refractivity contribution in [1.29, 1.82) is 0 Å². The molecule has 2 N–H and O–H groups in total. The Balaban J connectivity index is 1.92. The van der Waals surface area contributed by atoms with Crippen LogP contribution in [0, 0.1) is 5.82 Å². The van der Waals surface area contributed by atoms with Crippen molar-refractivity contribution in [1.82, 2.24) is 4.72 Å². The summed E-state index contributed by atoms with van der Waals surface area (Å²) in [5.74, 6) is -1.39. The van der Waals surface area contributed by atoms with Crippen LogP contribution in [0.4, 0.5) is 10.1 Å². The molecule has 0 saturated carbocycles. The SMILES string of the molecule is O=C(Nc1ccc(Br)cc1F)[C@H](Cc1ccccc1)NS(=O)(=O)c1cc(Cl)ccc1Cl. The highest BCUT2D eigenvalue weighted by atomic mass is 79.9. The highest BCUT2D eigenvalue weighted by Crippen LogP contribution is 2.26. The van der Waals surface area contributed by atoms with Crippen molar-refractivity contribution in [2.45, 2.75) is 17.4 Å². The van der Waals surface area contributed by atoms with E-state index in [1.54, 1.807) is 36.4 Å². The largest absolute Gasteiger partial charge is 0.322 e. The molecule has 31 heavy (non-hydrogen) atoms. The van der Waals surface area contributed by atoms with Crippen LogP contribution < -0.4 is 10.0 Å². The van der Waals surface area contributed by atoms with Gasteiger partial charge in [-0.1, -0.05) is 69.5 Å². The van der Waals surface area contributed by atoms with E-state index in [0.29, 0.717) is 10.0 Å². The third kappa shape index (κ3) is 6.27. The third-order valence-electron chi connectivity index (χ3n) is 4.27. The molecule has 3 aromatic rings. The van der Waals surface area contributed by atoms with Crippen molar-refractivity contribution < 1.29 is 17.6 Å². The van der Waals surface area contributed by atoms with Crippen LogP contribution in [0.2, 0.25) is 10.0 Å². The summed E-state index contributed by atoms with van der Waals surface area (Å²) in [7, 11) is -4.22. The molecular formula is C21H16BrCl2FN2O3S. The summed E-state index contributed by atoms with van der Waals surface area (Å²) in [4.78, 5) is 12.7. The van der Waals surface area contributed by atoms with Gasteiger partial charge in [0.15, 0.2) is 0 Å². The summed E-state index contributed by atoms with van der Waals surface area (Å²) >= 11 is 15.1. The molecule has 0 radical (unpaired) electrons. The van der Waals surface area contributed by atoms with Crippen LogP contribution in [0.15, 0.2) is 76.1 Å². The number of nitrogens with one attached hydrogen (secondary N) is 2. The zero-order valence-electron chi connectivity index (χ0n) is 15.8. The molecular weight excluding hydrogens is 530 g/mol. The van der Waals surface area contributed by atoms with E-state index in [-0.39, 0.29) is 27.0 Å². The molecule has 5 nitrogen and oxygen atoms in total. The Morgan fingerprint density at radius 2 is 1.74 bits per heavy atom. The third-order valence-corrected chi connectivity index (χ3v) is 6.95. The molecule has 162 valence electrons. The molecule has 0 unspecified atom stereocenters. The van der Waals surface area contributed by atoms with Crippen molar-refractivity contribution in [3.8, 4) is 0 Å². The van der Waals surface area contributed by atoms with Gasteiger partial charge in [0.05, 0.1) is 10.7 Å². The Kier molecular flexibility index (Phi) is 7.72. The minimum absolute atomic E-state index is 0.0300. The van der Waals surface area contributed by atoms with E-state index in [2.05, 4.69) is 26.0 Å². The van der Waals surface area contributed by atoms with Crippen molar-refractivity contribution in [2.24, 2.45) is 0 Å². The van der Waals surface area contributed by atoms with Crippen LogP contribution in [0.25, 0.3) is 0 Å². The fourth-order valence-corrected chi connectivity index (χ4v) is 5.07. The van der Waals surface area contributed by atoms with Gasteiger partial charge in [-0.3, -0.25) is 4.79 Å². The van der Waals surface area contributed by atoms with Gasteiger partial charge in [-0.05, 0) is 48.4 Å². The molecule has 0 aromatic heterocycles. The van der Waals surface area contributed by atoms with E-state index < -0.39 is 27.8 Å². The Bertz CT molecular complexity index is 1210. The quantitative estimate of drug-likeness (QED) is 0.416. The van der Waals surface area contributed by atoms with Crippen LogP contribution in [0.3, 0.4) is 0 Å². The van der Waals surface area contributed by atoms with Crippen molar-refractivity contribution in [2.75, 3.05) is 5.32 Å². The second-order valence-corrected chi connectivity index (χ2v) is 9.99. The number of anilines is 1. The van der Waals surface area contributed by atoms with Crippen LogP contribution in [0.5, 0.6) is 0 Å². The first-order valence-corrected chi connectivity index (χ1v) is 12.0. The van der Waals surface area contributed by atoms with Gasteiger partial charge in [-0.2, -0.15) is 4.72 Å². The Labute approximate surface area is 197 Å². The van der Waals surface area contributed by atoms with Crippen molar-refractivity contribution in [3.05, 3.63) is 92.6 Å². The van der Waals surface area contributed by atoms with Crippen LogP contribution in [0.1, 0.15) is 5.56 Å². The van der Waals surface area contributed by atoms with E-state index in [0.717, 1.165) is 0 Å². The number of sulfonamides is 1. The first-order chi connectivity index (χ1) is 14.7. The van der Waals surface area contributed by atoms with Gasteiger partial charge in [0.2, 0.25) is 15.9 Å². The summed E-state index contributed by atoms with van der Waals surface area (Å²) < 4.78 is 43.0. The van der Waals surface area contributed by atoms with Crippen LogP contribution in [-0.4, -0.2) is 20.4 Å².